The predicted octanol–water partition coefficient (Wildman–Crippen LogP) is 6.25. The van der Waals surface area contributed by atoms with Gasteiger partial charge in [0.2, 0.25) is 0 Å². The molecule has 3 aromatic carbocycles. The Bertz CT molecular complexity index is 1330. The molecule has 5 heteroatoms. The van der Waals surface area contributed by atoms with Gasteiger partial charge in [-0.05, 0) is 48.9 Å². The topological polar surface area (TPSA) is 53.4 Å². The van der Waals surface area contributed by atoms with E-state index in [-0.39, 0.29) is 5.76 Å². The van der Waals surface area contributed by atoms with Gasteiger partial charge in [0.1, 0.15) is 0 Å². The Kier molecular flexibility index (Phi) is 4.72. The first kappa shape index (κ1) is 19.3. The first-order chi connectivity index (χ1) is 15.0. The summed E-state index contributed by atoms with van der Waals surface area (Å²) in [5.41, 5.74) is 4.49. The quantitative estimate of drug-likeness (QED) is 0.421. The van der Waals surface area contributed by atoms with Crippen LogP contribution in [0.15, 0.2) is 90.7 Å². The molecule has 1 aromatic heterocycles. The maximum Gasteiger partial charge on any atom is 0.294 e. The van der Waals surface area contributed by atoms with Gasteiger partial charge in [-0.2, -0.15) is 0 Å². The number of aromatic nitrogens is 1. The SMILES string of the molecule is Cc1ccc(N2C(=O)C(O)=C(c3ccc4ccccc4n3)C2c2ccc(Cl)cc2)cc1. The van der Waals surface area contributed by atoms with Crippen LogP contribution in [0.2, 0.25) is 5.02 Å². The molecule has 0 saturated carbocycles. The smallest absolute Gasteiger partial charge is 0.294 e. The number of hydrogen-bond acceptors (Lipinski definition) is 3. The number of nitrogens with zero attached hydrogens (tertiary/aromatic N) is 2. The van der Waals surface area contributed by atoms with Gasteiger partial charge in [-0.25, -0.2) is 4.98 Å². The number of amides is 1. The van der Waals surface area contributed by atoms with E-state index in [4.69, 9.17) is 16.6 Å². The molecule has 4 aromatic rings. The average molecular weight is 427 g/mol. The number of rotatable bonds is 3. The lowest BCUT2D eigenvalue weighted by molar-refractivity contribution is -0.117. The lowest BCUT2D eigenvalue weighted by atomic mass is 9.95. The number of pyridine rings is 1. The van der Waals surface area contributed by atoms with Crippen molar-refractivity contribution in [2.45, 2.75) is 13.0 Å². The Labute approximate surface area is 185 Å². The number of anilines is 1. The van der Waals surface area contributed by atoms with Gasteiger partial charge in [0.05, 0.1) is 22.8 Å². The van der Waals surface area contributed by atoms with Gasteiger partial charge >= 0.3 is 0 Å². The zero-order valence-corrected chi connectivity index (χ0v) is 17.5. The summed E-state index contributed by atoms with van der Waals surface area (Å²) in [6.45, 7) is 1.99. The van der Waals surface area contributed by atoms with Crippen LogP contribution < -0.4 is 4.90 Å². The van der Waals surface area contributed by atoms with Gasteiger partial charge in [-0.15, -0.1) is 0 Å². The maximum atomic E-state index is 13.3. The maximum absolute atomic E-state index is 13.3. The Balaban J connectivity index is 1.71. The lowest BCUT2D eigenvalue weighted by Crippen LogP contribution is -2.30. The summed E-state index contributed by atoms with van der Waals surface area (Å²) in [5, 5.41) is 12.6. The Morgan fingerprint density at radius 1 is 0.903 bits per heavy atom. The molecule has 4 nitrogen and oxygen atoms in total. The van der Waals surface area contributed by atoms with Crippen molar-refractivity contribution >= 4 is 39.7 Å². The average Bonchev–Trinajstić information content (AvgIpc) is 3.05. The van der Waals surface area contributed by atoms with Crippen molar-refractivity contribution in [2.75, 3.05) is 4.90 Å². The van der Waals surface area contributed by atoms with Gasteiger partial charge in [0.25, 0.3) is 5.91 Å². The molecule has 0 saturated heterocycles. The summed E-state index contributed by atoms with van der Waals surface area (Å²) in [6, 6.07) is 26.1. The molecule has 1 N–H and O–H groups in total. The van der Waals surface area contributed by atoms with E-state index in [1.165, 1.54) is 0 Å². The number of aryl methyl sites for hydroxylation is 1. The van der Waals surface area contributed by atoms with Crippen molar-refractivity contribution in [3.8, 4) is 0 Å². The minimum absolute atomic E-state index is 0.289. The number of aliphatic hydroxyl groups excluding tert-OH is 1. The summed E-state index contributed by atoms with van der Waals surface area (Å²) in [4.78, 5) is 19.6. The highest BCUT2D eigenvalue weighted by molar-refractivity contribution is 6.30. The van der Waals surface area contributed by atoms with Crippen molar-refractivity contribution in [1.82, 2.24) is 4.98 Å². The van der Waals surface area contributed by atoms with E-state index < -0.39 is 11.9 Å². The number of hydrogen-bond donors (Lipinski definition) is 1. The molecule has 1 atom stereocenters. The van der Waals surface area contributed by atoms with Crippen LogP contribution in [0, 0.1) is 6.92 Å². The molecule has 1 aliphatic rings. The zero-order chi connectivity index (χ0) is 21.5. The fraction of sp³-hybridized carbons (Fsp3) is 0.0769. The number of carbonyl (C=O) groups is 1. The fourth-order valence-corrected chi connectivity index (χ4v) is 4.14. The molecular weight excluding hydrogens is 408 g/mol. The highest BCUT2D eigenvalue weighted by Crippen LogP contribution is 2.45. The van der Waals surface area contributed by atoms with E-state index in [1.54, 1.807) is 17.0 Å². The number of aliphatic hydroxyl groups is 1. The molecule has 0 radical (unpaired) electrons. The van der Waals surface area contributed by atoms with Crippen molar-refractivity contribution < 1.29 is 9.90 Å². The number of carbonyl (C=O) groups excluding carboxylic acids is 1. The number of halogens is 1. The normalized spacial score (nSPS) is 16.4. The number of para-hydroxylation sites is 1. The monoisotopic (exact) mass is 426 g/mol. The Hall–Kier alpha value is -3.63. The first-order valence-electron chi connectivity index (χ1n) is 9.98. The summed E-state index contributed by atoms with van der Waals surface area (Å²) in [6.07, 6.45) is 0. The molecule has 31 heavy (non-hydrogen) atoms. The lowest BCUT2D eigenvalue weighted by Gasteiger charge is -2.27. The first-order valence-corrected chi connectivity index (χ1v) is 10.4. The van der Waals surface area contributed by atoms with Gasteiger partial charge < -0.3 is 5.11 Å². The number of fused-ring (bicyclic) bond motifs is 1. The van der Waals surface area contributed by atoms with E-state index in [1.807, 2.05) is 79.7 Å². The highest BCUT2D eigenvalue weighted by atomic mass is 35.5. The second-order valence-corrected chi connectivity index (χ2v) is 8.05. The molecule has 1 unspecified atom stereocenters. The molecule has 0 fully saturated rings. The van der Waals surface area contributed by atoms with Crippen molar-refractivity contribution in [3.05, 3.63) is 113 Å². The third-order valence-electron chi connectivity index (χ3n) is 5.58. The van der Waals surface area contributed by atoms with Crippen LogP contribution in [0.25, 0.3) is 16.5 Å². The third-order valence-corrected chi connectivity index (χ3v) is 5.83. The third kappa shape index (κ3) is 3.35. The van der Waals surface area contributed by atoms with E-state index in [0.717, 1.165) is 22.0 Å². The van der Waals surface area contributed by atoms with Crippen LogP contribution in [0.5, 0.6) is 0 Å². The minimum Gasteiger partial charge on any atom is -0.503 e. The standard InChI is InChI=1S/C26H19ClN2O2/c1-16-6-13-20(14-7-16)29-24(18-8-11-19(27)12-9-18)23(25(30)26(29)31)22-15-10-17-4-2-3-5-21(17)28-22/h2-15,24,30H,1H3. The molecule has 152 valence electrons. The second-order valence-electron chi connectivity index (χ2n) is 7.62. The van der Waals surface area contributed by atoms with Crippen LogP contribution in [0.1, 0.15) is 22.9 Å². The van der Waals surface area contributed by atoms with Gasteiger partial charge in [-0.1, -0.05) is 65.7 Å². The van der Waals surface area contributed by atoms with Crippen molar-refractivity contribution in [2.24, 2.45) is 0 Å². The van der Waals surface area contributed by atoms with Crippen LogP contribution in [-0.4, -0.2) is 16.0 Å². The molecule has 5 rings (SSSR count). The van der Waals surface area contributed by atoms with Crippen LogP contribution in [0.4, 0.5) is 5.69 Å². The van der Waals surface area contributed by atoms with Gasteiger partial charge in [0.15, 0.2) is 5.76 Å². The second kappa shape index (κ2) is 7.56. The summed E-state index contributed by atoms with van der Waals surface area (Å²) in [7, 11) is 0. The number of benzene rings is 3. The summed E-state index contributed by atoms with van der Waals surface area (Å²) < 4.78 is 0. The van der Waals surface area contributed by atoms with Crippen LogP contribution in [0.3, 0.4) is 0 Å². The molecular formula is C26H19ClN2O2. The van der Waals surface area contributed by atoms with E-state index in [9.17, 15) is 9.90 Å². The highest BCUT2D eigenvalue weighted by Gasteiger charge is 2.42. The zero-order valence-electron chi connectivity index (χ0n) is 16.8. The molecule has 1 amide bonds. The Morgan fingerprint density at radius 2 is 1.61 bits per heavy atom. The molecule has 1 aliphatic heterocycles. The van der Waals surface area contributed by atoms with E-state index in [0.29, 0.717) is 22.0 Å². The largest absolute Gasteiger partial charge is 0.503 e. The summed E-state index contributed by atoms with van der Waals surface area (Å²) >= 11 is 6.11. The van der Waals surface area contributed by atoms with Gasteiger partial charge in [0, 0.05) is 16.1 Å². The van der Waals surface area contributed by atoms with Crippen LogP contribution in [-0.2, 0) is 4.79 Å². The molecule has 0 aliphatic carbocycles. The van der Waals surface area contributed by atoms with E-state index in [2.05, 4.69) is 0 Å². The molecule has 2 heterocycles. The summed E-state index contributed by atoms with van der Waals surface area (Å²) in [5.74, 6) is -0.739. The minimum atomic E-state index is -0.527. The van der Waals surface area contributed by atoms with Crippen LogP contribution >= 0.6 is 11.6 Å². The fourth-order valence-electron chi connectivity index (χ4n) is 4.02. The van der Waals surface area contributed by atoms with E-state index >= 15 is 0 Å². The van der Waals surface area contributed by atoms with Crippen molar-refractivity contribution in [3.63, 3.8) is 0 Å². The van der Waals surface area contributed by atoms with Gasteiger partial charge in [-0.3, -0.25) is 9.69 Å². The Morgan fingerprint density at radius 3 is 2.35 bits per heavy atom. The molecule has 0 bridgehead atoms. The van der Waals surface area contributed by atoms with Crippen molar-refractivity contribution in [1.29, 1.82) is 0 Å². The predicted molar refractivity (Wildman–Crippen MR) is 124 cm³/mol. The molecule has 0 spiro atoms.